The third kappa shape index (κ3) is 3.85. The van der Waals surface area contributed by atoms with Crippen molar-refractivity contribution in [2.45, 2.75) is 20.8 Å². The van der Waals surface area contributed by atoms with Gasteiger partial charge in [0.2, 0.25) is 0 Å². The van der Waals surface area contributed by atoms with E-state index >= 15 is 0 Å². The number of aromatic nitrogens is 1. The fourth-order valence-corrected chi connectivity index (χ4v) is 3.37. The largest absolute Gasteiger partial charge is 0.353 e. The van der Waals surface area contributed by atoms with Crippen molar-refractivity contribution >= 4 is 23.3 Å². The Balaban J connectivity index is 1.61. The molecule has 0 aliphatic carbocycles. The van der Waals surface area contributed by atoms with Gasteiger partial charge in [-0.25, -0.2) is 4.98 Å². The Morgan fingerprint density at radius 2 is 1.65 bits per heavy atom. The number of carbonyl (C=O) groups excluding carboxylic acids is 2. The molecule has 2 aromatic rings. The monoisotopic (exact) mass is 352 g/mol. The SMILES string of the molecule is Cc1cc(C)c(NC(=O)C(=O)N2CCN(c3ccccn3)CC2)c(C)c1. The number of benzene rings is 1. The average Bonchev–Trinajstić information content (AvgIpc) is 2.64. The second kappa shape index (κ2) is 7.56. The van der Waals surface area contributed by atoms with Crippen LogP contribution in [0.5, 0.6) is 0 Å². The van der Waals surface area contributed by atoms with E-state index in [-0.39, 0.29) is 0 Å². The van der Waals surface area contributed by atoms with Gasteiger partial charge in [-0.1, -0.05) is 23.8 Å². The molecule has 1 aliphatic rings. The predicted octanol–water partition coefficient (Wildman–Crippen LogP) is 2.29. The van der Waals surface area contributed by atoms with Crippen LogP contribution in [0.15, 0.2) is 36.5 Å². The molecule has 0 spiro atoms. The molecule has 6 nitrogen and oxygen atoms in total. The van der Waals surface area contributed by atoms with E-state index in [4.69, 9.17) is 0 Å². The molecule has 0 saturated carbocycles. The Morgan fingerprint density at radius 3 is 2.23 bits per heavy atom. The Bertz CT molecular complexity index is 789. The molecule has 6 heteroatoms. The fourth-order valence-electron chi connectivity index (χ4n) is 3.37. The first-order chi connectivity index (χ1) is 12.5. The number of pyridine rings is 1. The number of rotatable bonds is 2. The maximum absolute atomic E-state index is 12.5. The van der Waals surface area contributed by atoms with Crippen LogP contribution in [0.4, 0.5) is 11.5 Å². The summed E-state index contributed by atoms with van der Waals surface area (Å²) in [6.07, 6.45) is 1.76. The Labute approximate surface area is 153 Å². The van der Waals surface area contributed by atoms with Gasteiger partial charge in [-0.3, -0.25) is 9.59 Å². The van der Waals surface area contributed by atoms with Crippen LogP contribution >= 0.6 is 0 Å². The van der Waals surface area contributed by atoms with Gasteiger partial charge >= 0.3 is 11.8 Å². The lowest BCUT2D eigenvalue weighted by atomic mass is 10.1. The fraction of sp³-hybridized carbons (Fsp3) is 0.350. The van der Waals surface area contributed by atoms with Gasteiger partial charge in [0.05, 0.1) is 0 Å². The maximum atomic E-state index is 12.5. The molecule has 1 N–H and O–H groups in total. The van der Waals surface area contributed by atoms with E-state index in [2.05, 4.69) is 15.2 Å². The molecule has 1 aliphatic heterocycles. The zero-order chi connectivity index (χ0) is 18.7. The second-order valence-corrected chi connectivity index (χ2v) is 6.70. The molecular formula is C20H24N4O2. The smallest absolute Gasteiger partial charge is 0.313 e. The first kappa shape index (κ1) is 17.9. The van der Waals surface area contributed by atoms with E-state index in [1.807, 2.05) is 51.1 Å². The quantitative estimate of drug-likeness (QED) is 0.842. The minimum atomic E-state index is -0.577. The first-order valence-electron chi connectivity index (χ1n) is 8.80. The molecule has 1 aromatic carbocycles. The number of carbonyl (C=O) groups is 2. The zero-order valence-corrected chi connectivity index (χ0v) is 15.5. The summed E-state index contributed by atoms with van der Waals surface area (Å²) in [5, 5.41) is 2.79. The molecule has 2 amide bonds. The Hall–Kier alpha value is -2.89. The zero-order valence-electron chi connectivity index (χ0n) is 15.5. The summed E-state index contributed by atoms with van der Waals surface area (Å²) in [5.74, 6) is -0.161. The van der Waals surface area contributed by atoms with Crippen molar-refractivity contribution in [1.29, 1.82) is 0 Å². The minimum Gasteiger partial charge on any atom is -0.353 e. The van der Waals surface area contributed by atoms with Crippen LogP contribution in [0.1, 0.15) is 16.7 Å². The summed E-state index contributed by atoms with van der Waals surface area (Å²) < 4.78 is 0. The van der Waals surface area contributed by atoms with Crippen molar-refractivity contribution in [2.24, 2.45) is 0 Å². The van der Waals surface area contributed by atoms with Gasteiger partial charge in [-0.05, 0) is 44.0 Å². The number of hydrogen-bond donors (Lipinski definition) is 1. The molecule has 26 heavy (non-hydrogen) atoms. The summed E-state index contributed by atoms with van der Waals surface area (Å²) in [6, 6.07) is 9.77. The van der Waals surface area contributed by atoms with E-state index in [1.54, 1.807) is 11.1 Å². The van der Waals surface area contributed by atoms with Crippen LogP contribution in [-0.2, 0) is 9.59 Å². The Morgan fingerprint density at radius 1 is 1.00 bits per heavy atom. The highest BCUT2D eigenvalue weighted by Gasteiger charge is 2.27. The van der Waals surface area contributed by atoms with Crippen LogP contribution < -0.4 is 10.2 Å². The van der Waals surface area contributed by atoms with Crippen LogP contribution in [0.2, 0.25) is 0 Å². The van der Waals surface area contributed by atoms with E-state index in [0.29, 0.717) is 26.2 Å². The molecule has 1 aromatic heterocycles. The standard InChI is InChI=1S/C20H24N4O2/c1-14-12-15(2)18(16(3)13-14)22-19(25)20(26)24-10-8-23(9-11-24)17-6-4-5-7-21-17/h4-7,12-13H,8-11H2,1-3H3,(H,22,25). The predicted molar refractivity (Wildman–Crippen MR) is 102 cm³/mol. The van der Waals surface area contributed by atoms with Crippen LogP contribution in [0, 0.1) is 20.8 Å². The van der Waals surface area contributed by atoms with Crippen molar-refractivity contribution < 1.29 is 9.59 Å². The lowest BCUT2D eigenvalue weighted by Gasteiger charge is -2.35. The number of nitrogens with one attached hydrogen (secondary N) is 1. The Kier molecular flexibility index (Phi) is 5.21. The number of anilines is 2. The number of aryl methyl sites for hydroxylation is 3. The van der Waals surface area contributed by atoms with Gasteiger partial charge in [0.15, 0.2) is 0 Å². The molecule has 0 bridgehead atoms. The van der Waals surface area contributed by atoms with Crippen molar-refractivity contribution in [2.75, 3.05) is 36.4 Å². The van der Waals surface area contributed by atoms with Crippen LogP contribution in [0.25, 0.3) is 0 Å². The summed E-state index contributed by atoms with van der Waals surface area (Å²) in [5.41, 5.74) is 3.78. The molecule has 1 fully saturated rings. The second-order valence-electron chi connectivity index (χ2n) is 6.70. The highest BCUT2D eigenvalue weighted by atomic mass is 16.2. The molecule has 0 atom stereocenters. The molecule has 1 saturated heterocycles. The normalized spacial score (nSPS) is 14.3. The topological polar surface area (TPSA) is 65.5 Å². The highest BCUT2D eigenvalue weighted by Crippen LogP contribution is 2.22. The summed E-state index contributed by atoms with van der Waals surface area (Å²) in [6.45, 7) is 8.23. The van der Waals surface area contributed by atoms with Crippen molar-refractivity contribution in [3.63, 3.8) is 0 Å². The van der Waals surface area contributed by atoms with Crippen LogP contribution in [-0.4, -0.2) is 47.9 Å². The number of hydrogen-bond acceptors (Lipinski definition) is 4. The van der Waals surface area contributed by atoms with E-state index in [9.17, 15) is 9.59 Å². The molecular weight excluding hydrogens is 328 g/mol. The van der Waals surface area contributed by atoms with Gasteiger partial charge in [0.25, 0.3) is 0 Å². The minimum absolute atomic E-state index is 0.481. The van der Waals surface area contributed by atoms with E-state index in [1.165, 1.54) is 0 Å². The lowest BCUT2D eigenvalue weighted by molar-refractivity contribution is -0.143. The summed E-state index contributed by atoms with van der Waals surface area (Å²) in [7, 11) is 0. The average molecular weight is 352 g/mol. The molecule has 0 unspecified atom stereocenters. The number of nitrogens with zero attached hydrogens (tertiary/aromatic N) is 3. The van der Waals surface area contributed by atoms with Crippen LogP contribution in [0.3, 0.4) is 0 Å². The summed E-state index contributed by atoms with van der Waals surface area (Å²) >= 11 is 0. The van der Waals surface area contributed by atoms with Crippen molar-refractivity contribution in [3.8, 4) is 0 Å². The van der Waals surface area contributed by atoms with Gasteiger partial charge in [-0.2, -0.15) is 0 Å². The van der Waals surface area contributed by atoms with Gasteiger partial charge in [0.1, 0.15) is 5.82 Å². The molecule has 136 valence electrons. The number of amides is 2. The summed E-state index contributed by atoms with van der Waals surface area (Å²) in [4.78, 5) is 33.0. The van der Waals surface area contributed by atoms with E-state index < -0.39 is 11.8 Å². The molecule has 0 radical (unpaired) electrons. The lowest BCUT2D eigenvalue weighted by Crippen LogP contribution is -2.51. The third-order valence-corrected chi connectivity index (χ3v) is 4.65. The first-order valence-corrected chi connectivity index (χ1v) is 8.80. The van der Waals surface area contributed by atoms with Gasteiger partial charge in [0, 0.05) is 38.1 Å². The van der Waals surface area contributed by atoms with Gasteiger partial charge in [-0.15, -0.1) is 0 Å². The molecule has 2 heterocycles. The van der Waals surface area contributed by atoms with Crippen molar-refractivity contribution in [1.82, 2.24) is 9.88 Å². The highest BCUT2D eigenvalue weighted by molar-refractivity contribution is 6.39. The number of piperazine rings is 1. The molecule has 3 rings (SSSR count). The van der Waals surface area contributed by atoms with Crippen molar-refractivity contribution in [3.05, 3.63) is 53.2 Å². The third-order valence-electron chi connectivity index (χ3n) is 4.65. The van der Waals surface area contributed by atoms with E-state index in [0.717, 1.165) is 28.2 Å². The maximum Gasteiger partial charge on any atom is 0.313 e. The van der Waals surface area contributed by atoms with Gasteiger partial charge < -0.3 is 15.1 Å².